The highest BCUT2D eigenvalue weighted by molar-refractivity contribution is 7.99. The van der Waals surface area contributed by atoms with Crippen molar-refractivity contribution >= 4 is 23.6 Å². The molecule has 7 nitrogen and oxygen atoms in total. The molecule has 2 rings (SSSR count). The summed E-state index contributed by atoms with van der Waals surface area (Å²) < 4.78 is 15.8. The van der Waals surface area contributed by atoms with Crippen LogP contribution < -0.4 is 19.5 Å². The maximum Gasteiger partial charge on any atom is 0.330 e. The molecule has 1 atom stereocenters. The van der Waals surface area contributed by atoms with E-state index in [1.54, 1.807) is 12.1 Å². The van der Waals surface area contributed by atoms with Crippen LogP contribution >= 0.6 is 11.8 Å². The molecule has 1 heterocycles. The highest BCUT2D eigenvalue weighted by Gasteiger charge is 2.43. The van der Waals surface area contributed by atoms with Crippen LogP contribution in [0.3, 0.4) is 0 Å². The van der Waals surface area contributed by atoms with E-state index in [-0.39, 0.29) is 12.3 Å². The van der Waals surface area contributed by atoms with Gasteiger partial charge in [-0.15, -0.1) is 0 Å². The fraction of sp³-hybridized carbons (Fsp3) is 0.500. The van der Waals surface area contributed by atoms with E-state index >= 15 is 0 Å². The predicted molar refractivity (Wildman–Crippen MR) is 90.3 cm³/mol. The lowest BCUT2D eigenvalue weighted by Gasteiger charge is -2.24. The number of hydrogen-bond donors (Lipinski definition) is 2. The van der Waals surface area contributed by atoms with Gasteiger partial charge in [0.15, 0.2) is 11.5 Å². The van der Waals surface area contributed by atoms with Gasteiger partial charge >= 0.3 is 5.97 Å². The van der Waals surface area contributed by atoms with Crippen LogP contribution in [-0.2, 0) is 16.0 Å². The fourth-order valence-electron chi connectivity index (χ4n) is 2.62. The smallest absolute Gasteiger partial charge is 0.330 e. The van der Waals surface area contributed by atoms with Crippen molar-refractivity contribution in [1.29, 1.82) is 0 Å². The molecule has 1 aliphatic rings. The molecule has 132 valence electrons. The maximum absolute atomic E-state index is 12.3. The zero-order valence-corrected chi connectivity index (χ0v) is 14.7. The molecule has 1 fully saturated rings. The van der Waals surface area contributed by atoms with Gasteiger partial charge in [-0.05, 0) is 29.9 Å². The lowest BCUT2D eigenvalue weighted by molar-refractivity contribution is -0.146. The molecule has 1 saturated heterocycles. The molecule has 0 radical (unpaired) electrons. The van der Waals surface area contributed by atoms with E-state index in [0.717, 1.165) is 5.75 Å². The van der Waals surface area contributed by atoms with Crippen LogP contribution in [0.4, 0.5) is 0 Å². The van der Waals surface area contributed by atoms with Crippen molar-refractivity contribution in [3.8, 4) is 17.2 Å². The Morgan fingerprint density at radius 1 is 1.21 bits per heavy atom. The molecule has 24 heavy (non-hydrogen) atoms. The standard InChI is InChI=1S/C16H21NO6S/c1-21-11-6-10(7-12(22-2)14(11)23-3)8-13(18)17-16(15(19)20)4-5-24-9-16/h6-7H,4-5,8-9H2,1-3H3,(H,17,18)(H,19,20). The Morgan fingerprint density at radius 2 is 1.83 bits per heavy atom. The molecule has 0 spiro atoms. The first kappa shape index (κ1) is 18.3. The van der Waals surface area contributed by atoms with E-state index in [1.807, 2.05) is 0 Å². The number of carboxylic acids is 1. The second kappa shape index (κ2) is 7.65. The van der Waals surface area contributed by atoms with Crippen LogP contribution in [0.2, 0.25) is 0 Å². The molecule has 1 aromatic carbocycles. The average Bonchev–Trinajstić information content (AvgIpc) is 3.03. The summed E-state index contributed by atoms with van der Waals surface area (Å²) in [4.78, 5) is 23.8. The van der Waals surface area contributed by atoms with Crippen LogP contribution in [0.15, 0.2) is 12.1 Å². The molecule has 1 aliphatic heterocycles. The van der Waals surface area contributed by atoms with E-state index in [9.17, 15) is 14.7 Å². The number of ether oxygens (including phenoxy) is 3. The predicted octanol–water partition coefficient (Wildman–Crippen LogP) is 1.33. The molecule has 0 aromatic heterocycles. The quantitative estimate of drug-likeness (QED) is 0.762. The van der Waals surface area contributed by atoms with Crippen molar-refractivity contribution in [2.24, 2.45) is 0 Å². The molecule has 1 unspecified atom stereocenters. The van der Waals surface area contributed by atoms with Crippen LogP contribution in [0, 0.1) is 0 Å². The third kappa shape index (κ3) is 3.69. The van der Waals surface area contributed by atoms with Crippen LogP contribution in [0.25, 0.3) is 0 Å². The number of benzene rings is 1. The van der Waals surface area contributed by atoms with E-state index in [1.165, 1.54) is 33.1 Å². The molecule has 0 saturated carbocycles. The summed E-state index contributed by atoms with van der Waals surface area (Å²) in [5.41, 5.74) is -0.532. The number of nitrogens with one attached hydrogen (secondary N) is 1. The van der Waals surface area contributed by atoms with Crippen molar-refractivity contribution in [1.82, 2.24) is 5.32 Å². The lowest BCUT2D eigenvalue weighted by Crippen LogP contribution is -2.55. The molecule has 0 bridgehead atoms. The normalized spacial score (nSPS) is 19.6. The van der Waals surface area contributed by atoms with Crippen molar-refractivity contribution in [2.75, 3.05) is 32.8 Å². The Labute approximate surface area is 144 Å². The molecular weight excluding hydrogens is 334 g/mol. The molecule has 1 aromatic rings. The Hall–Kier alpha value is -2.09. The van der Waals surface area contributed by atoms with Gasteiger partial charge in [-0.2, -0.15) is 11.8 Å². The summed E-state index contributed by atoms with van der Waals surface area (Å²) in [5, 5.41) is 12.1. The second-order valence-electron chi connectivity index (χ2n) is 5.45. The van der Waals surface area contributed by atoms with Crippen LogP contribution in [0.1, 0.15) is 12.0 Å². The van der Waals surface area contributed by atoms with E-state index in [2.05, 4.69) is 5.32 Å². The van der Waals surface area contributed by atoms with Gasteiger partial charge in [0.2, 0.25) is 11.7 Å². The first-order chi connectivity index (χ1) is 11.5. The summed E-state index contributed by atoms with van der Waals surface area (Å²) >= 11 is 1.52. The number of carbonyl (C=O) groups excluding carboxylic acids is 1. The lowest BCUT2D eigenvalue weighted by atomic mass is 9.98. The van der Waals surface area contributed by atoms with Crippen LogP contribution in [-0.4, -0.2) is 55.4 Å². The van der Waals surface area contributed by atoms with Gasteiger partial charge in [0.1, 0.15) is 5.54 Å². The summed E-state index contributed by atoms with van der Waals surface area (Å²) in [6.45, 7) is 0. The Balaban J connectivity index is 2.18. The van der Waals surface area contributed by atoms with Crippen molar-refractivity contribution in [3.63, 3.8) is 0 Å². The van der Waals surface area contributed by atoms with Crippen molar-refractivity contribution in [2.45, 2.75) is 18.4 Å². The maximum atomic E-state index is 12.3. The fourth-order valence-corrected chi connectivity index (χ4v) is 3.95. The minimum atomic E-state index is -1.18. The number of rotatable bonds is 7. The molecular formula is C16H21NO6S. The zero-order chi connectivity index (χ0) is 17.7. The second-order valence-corrected chi connectivity index (χ2v) is 6.55. The number of carboxylic acid groups (broad SMARTS) is 1. The molecule has 1 amide bonds. The monoisotopic (exact) mass is 355 g/mol. The zero-order valence-electron chi connectivity index (χ0n) is 13.9. The first-order valence-electron chi connectivity index (χ1n) is 7.37. The largest absolute Gasteiger partial charge is 0.493 e. The highest BCUT2D eigenvalue weighted by atomic mass is 32.2. The van der Waals surface area contributed by atoms with Gasteiger partial charge in [-0.3, -0.25) is 4.79 Å². The van der Waals surface area contributed by atoms with Crippen molar-refractivity contribution < 1.29 is 28.9 Å². The Morgan fingerprint density at radius 3 is 2.25 bits per heavy atom. The number of hydrogen-bond acceptors (Lipinski definition) is 6. The summed E-state index contributed by atoms with van der Waals surface area (Å²) in [6, 6.07) is 3.36. The average molecular weight is 355 g/mol. The number of amides is 1. The molecule has 2 N–H and O–H groups in total. The minimum absolute atomic E-state index is 0.0242. The van der Waals surface area contributed by atoms with Gasteiger partial charge in [0, 0.05) is 5.75 Å². The van der Waals surface area contributed by atoms with Gasteiger partial charge < -0.3 is 24.6 Å². The number of thioether (sulfide) groups is 1. The minimum Gasteiger partial charge on any atom is -0.493 e. The number of aliphatic carboxylic acids is 1. The molecule has 0 aliphatic carbocycles. The first-order valence-corrected chi connectivity index (χ1v) is 8.52. The third-order valence-corrected chi connectivity index (χ3v) is 5.09. The van der Waals surface area contributed by atoms with Gasteiger partial charge in [-0.1, -0.05) is 0 Å². The van der Waals surface area contributed by atoms with Crippen molar-refractivity contribution in [3.05, 3.63) is 17.7 Å². The van der Waals surface area contributed by atoms with Gasteiger partial charge in [0.25, 0.3) is 0 Å². The molecule has 8 heteroatoms. The number of methoxy groups -OCH3 is 3. The third-order valence-electron chi connectivity index (χ3n) is 3.90. The SMILES string of the molecule is COc1cc(CC(=O)NC2(C(=O)O)CCSC2)cc(OC)c1OC. The summed E-state index contributed by atoms with van der Waals surface area (Å²) in [6.07, 6.45) is 0.449. The highest BCUT2D eigenvalue weighted by Crippen LogP contribution is 2.38. The van der Waals surface area contributed by atoms with E-state index in [4.69, 9.17) is 14.2 Å². The summed E-state index contributed by atoms with van der Waals surface area (Å²) in [5.74, 6) is 1.09. The summed E-state index contributed by atoms with van der Waals surface area (Å²) in [7, 11) is 4.49. The Bertz CT molecular complexity index is 602. The van der Waals surface area contributed by atoms with Crippen LogP contribution in [0.5, 0.6) is 17.2 Å². The number of carbonyl (C=O) groups is 2. The van der Waals surface area contributed by atoms with Gasteiger partial charge in [-0.25, -0.2) is 4.79 Å². The van der Waals surface area contributed by atoms with Gasteiger partial charge in [0.05, 0.1) is 27.8 Å². The van der Waals surface area contributed by atoms with E-state index in [0.29, 0.717) is 35.0 Å². The Kier molecular flexibility index (Phi) is 5.82. The topological polar surface area (TPSA) is 94.1 Å². The van der Waals surface area contributed by atoms with E-state index < -0.39 is 11.5 Å².